The normalized spacial score (nSPS) is 27.1. The van der Waals surface area contributed by atoms with E-state index in [4.69, 9.17) is 0 Å². The SMILES string of the molecule is C1=C2CCC(C1)C2.O=C1C=CC(=O)N1. The van der Waals surface area contributed by atoms with Gasteiger partial charge in [0, 0.05) is 12.2 Å². The van der Waals surface area contributed by atoms with Crippen molar-refractivity contribution in [3.63, 3.8) is 0 Å². The van der Waals surface area contributed by atoms with Crippen LogP contribution in [0.1, 0.15) is 25.7 Å². The van der Waals surface area contributed by atoms with Crippen molar-refractivity contribution in [3.8, 4) is 0 Å². The van der Waals surface area contributed by atoms with Gasteiger partial charge in [0.2, 0.25) is 0 Å². The first kappa shape index (κ1) is 9.19. The number of imide groups is 1. The van der Waals surface area contributed by atoms with E-state index in [1.807, 2.05) is 5.32 Å². The Kier molecular flexibility index (Phi) is 2.48. The second-order valence-electron chi connectivity index (χ2n) is 3.89. The van der Waals surface area contributed by atoms with E-state index >= 15 is 0 Å². The summed E-state index contributed by atoms with van der Waals surface area (Å²) < 4.78 is 0. The topological polar surface area (TPSA) is 46.2 Å². The minimum absolute atomic E-state index is 0.329. The van der Waals surface area contributed by atoms with Crippen LogP contribution in [0.2, 0.25) is 0 Å². The molecule has 1 saturated carbocycles. The van der Waals surface area contributed by atoms with Gasteiger partial charge >= 0.3 is 0 Å². The molecule has 2 aliphatic carbocycles. The first-order valence-electron chi connectivity index (χ1n) is 4.95. The molecule has 1 aliphatic heterocycles. The van der Waals surface area contributed by atoms with E-state index < -0.39 is 0 Å². The lowest BCUT2D eigenvalue weighted by Gasteiger charge is -1.98. The minimum atomic E-state index is -0.329. The van der Waals surface area contributed by atoms with Crippen molar-refractivity contribution in [1.29, 1.82) is 0 Å². The maximum atomic E-state index is 10.0. The molecule has 3 rings (SSSR count). The Morgan fingerprint density at radius 3 is 2.07 bits per heavy atom. The lowest BCUT2D eigenvalue weighted by atomic mass is 10.1. The number of carbonyl (C=O) groups excluding carboxylic acids is 2. The van der Waals surface area contributed by atoms with E-state index in [-0.39, 0.29) is 11.8 Å². The van der Waals surface area contributed by atoms with E-state index in [1.54, 1.807) is 5.57 Å². The highest BCUT2D eigenvalue weighted by Crippen LogP contribution is 2.38. The molecule has 1 atom stereocenters. The van der Waals surface area contributed by atoms with Crippen LogP contribution in [0.5, 0.6) is 0 Å². The molecule has 1 unspecified atom stereocenters. The third-order valence-corrected chi connectivity index (χ3v) is 2.80. The minimum Gasteiger partial charge on any atom is -0.289 e. The molecule has 1 N–H and O–H groups in total. The Labute approximate surface area is 82.9 Å². The molecule has 2 amide bonds. The van der Waals surface area contributed by atoms with Gasteiger partial charge in [0.1, 0.15) is 0 Å². The standard InChI is InChI=1S/C7H10.C4H3NO2/c1-2-7-4-3-6(1)5-7;6-3-1-2-4(7)5-3/h1,7H,2-5H2;1-2H,(H,5,6,7). The van der Waals surface area contributed by atoms with Gasteiger partial charge in [-0.2, -0.15) is 0 Å². The van der Waals surface area contributed by atoms with Gasteiger partial charge in [-0.05, 0) is 31.6 Å². The van der Waals surface area contributed by atoms with Gasteiger partial charge in [0.25, 0.3) is 11.8 Å². The molecule has 74 valence electrons. The highest BCUT2D eigenvalue weighted by Gasteiger charge is 2.22. The fourth-order valence-electron chi connectivity index (χ4n) is 2.04. The van der Waals surface area contributed by atoms with Crippen LogP contribution in [-0.4, -0.2) is 11.8 Å². The number of nitrogens with one attached hydrogen (secondary N) is 1. The van der Waals surface area contributed by atoms with Gasteiger partial charge in [-0.25, -0.2) is 0 Å². The van der Waals surface area contributed by atoms with E-state index in [0.29, 0.717) is 0 Å². The molecule has 14 heavy (non-hydrogen) atoms. The molecule has 0 aromatic carbocycles. The lowest BCUT2D eigenvalue weighted by Crippen LogP contribution is -2.19. The number of fused-ring (bicyclic) bond motifs is 2. The Morgan fingerprint density at radius 1 is 1.21 bits per heavy atom. The van der Waals surface area contributed by atoms with Crippen LogP contribution in [-0.2, 0) is 9.59 Å². The van der Waals surface area contributed by atoms with E-state index in [2.05, 4.69) is 6.08 Å². The van der Waals surface area contributed by atoms with Crippen LogP contribution in [0, 0.1) is 5.92 Å². The average molecular weight is 191 g/mol. The van der Waals surface area contributed by atoms with Gasteiger partial charge in [-0.15, -0.1) is 0 Å². The van der Waals surface area contributed by atoms with Gasteiger partial charge in [-0.3, -0.25) is 14.9 Å². The summed E-state index contributed by atoms with van der Waals surface area (Å²) >= 11 is 0. The molecule has 3 aliphatic rings. The van der Waals surface area contributed by atoms with Crippen molar-refractivity contribution >= 4 is 11.8 Å². The fourth-order valence-corrected chi connectivity index (χ4v) is 2.04. The molecule has 0 aromatic rings. The third-order valence-electron chi connectivity index (χ3n) is 2.80. The number of carbonyl (C=O) groups is 2. The van der Waals surface area contributed by atoms with Crippen molar-refractivity contribution in [3.05, 3.63) is 23.8 Å². The summed E-state index contributed by atoms with van der Waals surface area (Å²) in [5.41, 5.74) is 1.74. The quantitative estimate of drug-likeness (QED) is 0.463. The van der Waals surface area contributed by atoms with E-state index in [0.717, 1.165) is 5.92 Å². The van der Waals surface area contributed by atoms with Gasteiger partial charge < -0.3 is 0 Å². The van der Waals surface area contributed by atoms with Crippen molar-refractivity contribution in [2.24, 2.45) is 5.92 Å². The monoisotopic (exact) mass is 191 g/mol. The van der Waals surface area contributed by atoms with Crippen LogP contribution in [0.3, 0.4) is 0 Å². The Balaban J connectivity index is 0.000000107. The highest BCUT2D eigenvalue weighted by atomic mass is 16.2. The second-order valence-corrected chi connectivity index (χ2v) is 3.89. The molecule has 0 saturated heterocycles. The third kappa shape index (κ3) is 2.10. The van der Waals surface area contributed by atoms with Crippen molar-refractivity contribution in [2.75, 3.05) is 0 Å². The predicted octanol–water partition coefficient (Wildman–Crippen LogP) is 1.32. The predicted molar refractivity (Wildman–Crippen MR) is 52.3 cm³/mol. The van der Waals surface area contributed by atoms with Crippen LogP contribution in [0.4, 0.5) is 0 Å². The summed E-state index contributed by atoms with van der Waals surface area (Å²) in [5.74, 6) is 0.421. The summed E-state index contributed by atoms with van der Waals surface area (Å²) in [5, 5.41) is 2.03. The largest absolute Gasteiger partial charge is 0.289 e. The van der Waals surface area contributed by atoms with Crippen LogP contribution in [0.25, 0.3) is 0 Å². The van der Waals surface area contributed by atoms with Gasteiger partial charge in [-0.1, -0.05) is 11.6 Å². The number of hydrogen-bond acceptors (Lipinski definition) is 2. The summed E-state index contributed by atoms with van der Waals surface area (Å²) in [4.78, 5) is 20.1. The highest BCUT2D eigenvalue weighted by molar-refractivity contribution is 6.12. The molecule has 3 heteroatoms. The smallest absolute Gasteiger partial charge is 0.250 e. The number of rotatable bonds is 0. The Bertz CT molecular complexity index is 312. The van der Waals surface area contributed by atoms with Gasteiger partial charge in [0.15, 0.2) is 0 Å². The van der Waals surface area contributed by atoms with Crippen LogP contribution in [0.15, 0.2) is 23.8 Å². The lowest BCUT2D eigenvalue weighted by molar-refractivity contribution is -0.123. The molecule has 0 radical (unpaired) electrons. The Hall–Kier alpha value is -1.38. The van der Waals surface area contributed by atoms with E-state index in [1.165, 1.54) is 37.8 Å². The van der Waals surface area contributed by atoms with Crippen molar-refractivity contribution in [1.82, 2.24) is 5.32 Å². The number of amides is 2. The van der Waals surface area contributed by atoms with Crippen LogP contribution >= 0.6 is 0 Å². The summed E-state index contributed by atoms with van der Waals surface area (Å²) in [6, 6.07) is 0. The summed E-state index contributed by atoms with van der Waals surface area (Å²) in [6.07, 6.45) is 10.6. The number of hydrogen-bond donors (Lipinski definition) is 1. The van der Waals surface area contributed by atoms with Crippen molar-refractivity contribution in [2.45, 2.75) is 25.7 Å². The van der Waals surface area contributed by atoms with E-state index in [9.17, 15) is 9.59 Å². The van der Waals surface area contributed by atoms with Crippen molar-refractivity contribution < 1.29 is 9.59 Å². The zero-order chi connectivity index (χ0) is 9.97. The molecule has 2 bridgehead atoms. The summed E-state index contributed by atoms with van der Waals surface area (Å²) in [6.45, 7) is 0. The molecule has 1 heterocycles. The molecule has 1 fully saturated rings. The zero-order valence-corrected chi connectivity index (χ0v) is 7.95. The van der Waals surface area contributed by atoms with Gasteiger partial charge in [0.05, 0.1) is 0 Å². The number of allylic oxidation sites excluding steroid dienone is 2. The molecular formula is C11H13NO2. The average Bonchev–Trinajstić information content (AvgIpc) is 2.84. The second kappa shape index (κ2) is 3.78. The Morgan fingerprint density at radius 2 is 1.93 bits per heavy atom. The van der Waals surface area contributed by atoms with Crippen LogP contribution < -0.4 is 5.32 Å². The fraction of sp³-hybridized carbons (Fsp3) is 0.455. The molecule has 0 spiro atoms. The summed E-state index contributed by atoms with van der Waals surface area (Å²) in [7, 11) is 0. The zero-order valence-electron chi connectivity index (χ0n) is 7.95. The first-order chi connectivity index (χ1) is 6.74. The first-order valence-corrected chi connectivity index (χ1v) is 4.95. The maximum absolute atomic E-state index is 10.0. The molecule has 0 aromatic heterocycles. The molecular weight excluding hydrogens is 178 g/mol. The molecule has 3 nitrogen and oxygen atoms in total. The maximum Gasteiger partial charge on any atom is 0.250 e.